The van der Waals surface area contributed by atoms with Gasteiger partial charge >= 0.3 is 0 Å². The molecule has 6 nitrogen and oxygen atoms in total. The minimum atomic E-state index is -0.741. The van der Waals surface area contributed by atoms with Gasteiger partial charge in [0.2, 0.25) is 11.8 Å². The maximum atomic E-state index is 12.0. The molecular weight excluding hydrogens is 272 g/mol. The molecule has 0 saturated carbocycles. The van der Waals surface area contributed by atoms with Crippen molar-refractivity contribution in [2.24, 2.45) is 5.73 Å². The molecule has 3 N–H and O–H groups in total. The third kappa shape index (κ3) is 4.19. The molecule has 1 fully saturated rings. The lowest BCUT2D eigenvalue weighted by atomic mass is 10.0. The number of benzene rings is 1. The van der Waals surface area contributed by atoms with Gasteiger partial charge in [-0.15, -0.1) is 0 Å². The topological polar surface area (TPSA) is 90.7 Å². The van der Waals surface area contributed by atoms with Crippen LogP contribution in [0.25, 0.3) is 0 Å². The van der Waals surface area contributed by atoms with Gasteiger partial charge < -0.3 is 20.5 Å². The first-order chi connectivity index (χ1) is 10.1. The number of hydrogen-bond acceptors (Lipinski definition) is 4. The largest absolute Gasteiger partial charge is 0.497 e. The van der Waals surface area contributed by atoms with Crippen molar-refractivity contribution in [3.8, 4) is 5.75 Å². The molecule has 1 saturated heterocycles. The van der Waals surface area contributed by atoms with Crippen molar-refractivity contribution in [2.45, 2.75) is 31.4 Å². The molecule has 1 aliphatic rings. The van der Waals surface area contributed by atoms with E-state index in [1.54, 1.807) is 19.2 Å². The molecule has 0 aromatic heterocycles. The maximum absolute atomic E-state index is 12.0. The Hall–Kier alpha value is -2.08. The number of nitrogens with one attached hydrogen (secondary N) is 1. The van der Waals surface area contributed by atoms with Gasteiger partial charge in [0.1, 0.15) is 17.9 Å². The zero-order chi connectivity index (χ0) is 15.2. The van der Waals surface area contributed by atoms with E-state index in [2.05, 4.69) is 5.32 Å². The van der Waals surface area contributed by atoms with E-state index in [9.17, 15) is 9.59 Å². The van der Waals surface area contributed by atoms with E-state index in [0.717, 1.165) is 17.7 Å². The van der Waals surface area contributed by atoms with E-state index in [0.29, 0.717) is 19.4 Å². The molecule has 2 atom stereocenters. The lowest BCUT2D eigenvalue weighted by molar-refractivity contribution is -0.133. The standard InChI is InChI=1S/C15H20N2O4/c1-20-11-6-4-10(5-7-11)9-12(14(16)18)17-15(19)13-3-2-8-21-13/h4-7,12-13H,2-3,8-9H2,1H3,(H2,16,18)(H,17,19)/t12-,13-/m0/s1. The quantitative estimate of drug-likeness (QED) is 0.793. The summed E-state index contributed by atoms with van der Waals surface area (Å²) in [4.78, 5) is 23.5. The van der Waals surface area contributed by atoms with Crippen molar-refractivity contribution < 1.29 is 19.1 Å². The van der Waals surface area contributed by atoms with Crippen molar-refractivity contribution in [3.05, 3.63) is 29.8 Å². The zero-order valence-corrected chi connectivity index (χ0v) is 12.0. The Labute approximate surface area is 123 Å². The molecule has 114 valence electrons. The summed E-state index contributed by atoms with van der Waals surface area (Å²) < 4.78 is 10.4. The Morgan fingerprint density at radius 1 is 1.43 bits per heavy atom. The minimum absolute atomic E-state index is 0.273. The van der Waals surface area contributed by atoms with Gasteiger partial charge in [0.05, 0.1) is 7.11 Å². The molecule has 0 radical (unpaired) electrons. The summed E-state index contributed by atoms with van der Waals surface area (Å²) >= 11 is 0. The molecule has 1 aromatic rings. The third-order valence-corrected chi connectivity index (χ3v) is 3.48. The van der Waals surface area contributed by atoms with Crippen LogP contribution in [0.2, 0.25) is 0 Å². The Bertz CT molecular complexity index is 495. The van der Waals surface area contributed by atoms with Gasteiger partial charge in [-0.05, 0) is 30.5 Å². The van der Waals surface area contributed by atoms with Crippen LogP contribution in [-0.2, 0) is 20.7 Å². The van der Waals surface area contributed by atoms with Gasteiger partial charge in [-0.2, -0.15) is 0 Å². The highest BCUT2D eigenvalue weighted by Crippen LogP contribution is 2.14. The van der Waals surface area contributed by atoms with Crippen molar-refractivity contribution in [2.75, 3.05) is 13.7 Å². The maximum Gasteiger partial charge on any atom is 0.249 e. The van der Waals surface area contributed by atoms with Crippen LogP contribution in [0, 0.1) is 0 Å². The van der Waals surface area contributed by atoms with Crippen LogP contribution in [0.5, 0.6) is 5.75 Å². The van der Waals surface area contributed by atoms with E-state index in [-0.39, 0.29) is 5.91 Å². The third-order valence-electron chi connectivity index (χ3n) is 3.48. The van der Waals surface area contributed by atoms with Crippen LogP contribution < -0.4 is 15.8 Å². The van der Waals surface area contributed by atoms with Gasteiger partial charge in [0.25, 0.3) is 0 Å². The molecule has 1 aromatic carbocycles. The summed E-state index contributed by atoms with van der Waals surface area (Å²) in [7, 11) is 1.59. The van der Waals surface area contributed by atoms with Crippen LogP contribution in [0.4, 0.5) is 0 Å². The number of ether oxygens (including phenoxy) is 2. The monoisotopic (exact) mass is 292 g/mol. The summed E-state index contributed by atoms with van der Waals surface area (Å²) in [6.07, 6.45) is 1.41. The Morgan fingerprint density at radius 3 is 2.67 bits per heavy atom. The number of methoxy groups -OCH3 is 1. The fraction of sp³-hybridized carbons (Fsp3) is 0.467. The molecular formula is C15H20N2O4. The zero-order valence-electron chi connectivity index (χ0n) is 12.0. The summed E-state index contributed by atoms with van der Waals surface area (Å²) in [5.74, 6) is -0.0975. The van der Waals surface area contributed by atoms with Gasteiger partial charge in [-0.25, -0.2) is 0 Å². The Kier molecular flexibility index (Phi) is 5.16. The van der Waals surface area contributed by atoms with Crippen LogP contribution in [0.1, 0.15) is 18.4 Å². The van der Waals surface area contributed by atoms with E-state index in [1.165, 1.54) is 0 Å². The molecule has 21 heavy (non-hydrogen) atoms. The molecule has 6 heteroatoms. The van der Waals surface area contributed by atoms with Crippen molar-refractivity contribution in [1.82, 2.24) is 5.32 Å². The molecule has 0 aliphatic carbocycles. The smallest absolute Gasteiger partial charge is 0.249 e. The van der Waals surface area contributed by atoms with Gasteiger partial charge in [0.15, 0.2) is 0 Å². The number of primary amides is 1. The van der Waals surface area contributed by atoms with Gasteiger partial charge in [-0.3, -0.25) is 9.59 Å². The molecule has 1 heterocycles. The second kappa shape index (κ2) is 7.08. The first kappa shape index (κ1) is 15.3. The van der Waals surface area contributed by atoms with Crippen molar-refractivity contribution in [3.63, 3.8) is 0 Å². The summed E-state index contributed by atoms with van der Waals surface area (Å²) in [6, 6.07) is 6.54. The molecule has 2 amide bonds. The fourth-order valence-corrected chi connectivity index (χ4v) is 2.27. The number of amides is 2. The molecule has 0 unspecified atom stereocenters. The molecule has 1 aliphatic heterocycles. The second-order valence-electron chi connectivity index (χ2n) is 5.02. The highest BCUT2D eigenvalue weighted by molar-refractivity contribution is 5.88. The normalized spacial score (nSPS) is 19.0. The van der Waals surface area contributed by atoms with Crippen molar-refractivity contribution in [1.29, 1.82) is 0 Å². The van der Waals surface area contributed by atoms with Crippen LogP contribution in [0.15, 0.2) is 24.3 Å². The first-order valence-corrected chi connectivity index (χ1v) is 6.94. The van der Waals surface area contributed by atoms with E-state index < -0.39 is 18.1 Å². The van der Waals surface area contributed by atoms with Gasteiger partial charge in [0, 0.05) is 13.0 Å². The lowest BCUT2D eigenvalue weighted by Crippen LogP contribution is -2.49. The summed E-state index contributed by atoms with van der Waals surface area (Å²) in [5.41, 5.74) is 6.26. The van der Waals surface area contributed by atoms with Gasteiger partial charge in [-0.1, -0.05) is 12.1 Å². The highest BCUT2D eigenvalue weighted by Gasteiger charge is 2.27. The summed E-state index contributed by atoms with van der Waals surface area (Å²) in [6.45, 7) is 0.581. The number of hydrogen-bond donors (Lipinski definition) is 2. The number of carbonyl (C=O) groups is 2. The van der Waals surface area contributed by atoms with Crippen molar-refractivity contribution >= 4 is 11.8 Å². The Morgan fingerprint density at radius 2 is 2.14 bits per heavy atom. The SMILES string of the molecule is COc1ccc(C[C@H](NC(=O)[C@@H]2CCCO2)C(N)=O)cc1. The first-order valence-electron chi connectivity index (χ1n) is 6.94. The van der Waals surface area contributed by atoms with Crippen LogP contribution >= 0.6 is 0 Å². The predicted octanol–water partition coefficient (Wildman–Crippen LogP) is 0.387. The minimum Gasteiger partial charge on any atom is -0.497 e. The van der Waals surface area contributed by atoms with Crippen LogP contribution in [0.3, 0.4) is 0 Å². The molecule has 0 bridgehead atoms. The van der Waals surface area contributed by atoms with E-state index >= 15 is 0 Å². The number of nitrogens with two attached hydrogens (primary N) is 1. The second-order valence-corrected chi connectivity index (χ2v) is 5.02. The molecule has 2 rings (SSSR count). The lowest BCUT2D eigenvalue weighted by Gasteiger charge is -2.18. The average molecular weight is 292 g/mol. The van der Waals surface area contributed by atoms with E-state index in [1.807, 2.05) is 12.1 Å². The summed E-state index contributed by atoms with van der Waals surface area (Å²) in [5, 5.41) is 2.67. The van der Waals surface area contributed by atoms with Crippen LogP contribution in [-0.4, -0.2) is 37.7 Å². The van der Waals surface area contributed by atoms with E-state index in [4.69, 9.17) is 15.2 Å². The average Bonchev–Trinajstić information content (AvgIpc) is 3.01. The predicted molar refractivity (Wildman–Crippen MR) is 76.8 cm³/mol. The highest BCUT2D eigenvalue weighted by atomic mass is 16.5. The Balaban J connectivity index is 1.97. The fourth-order valence-electron chi connectivity index (χ4n) is 2.27. The number of carbonyl (C=O) groups excluding carboxylic acids is 2. The molecule has 0 spiro atoms. The number of rotatable bonds is 6.